The molecule has 0 unspecified atom stereocenters. The number of nitrogens with zero attached hydrogens (tertiary/aromatic N) is 5. The molecule has 2 heterocycles. The lowest BCUT2D eigenvalue weighted by molar-refractivity contribution is -0.163. The number of hydrogen-bond donors (Lipinski definition) is 14. The van der Waals surface area contributed by atoms with Crippen LogP contribution in [0.1, 0.15) is 64.7 Å². The molecule has 0 spiro atoms. The molecule has 1 aliphatic rings. The molecule has 29 heteroatoms. The Labute approximate surface area is 374 Å². The van der Waals surface area contributed by atoms with E-state index in [1.807, 2.05) is 5.32 Å². The molecule has 0 radical (unpaired) electrons. The highest BCUT2D eigenvalue weighted by Gasteiger charge is 2.50. The van der Waals surface area contributed by atoms with Crippen molar-refractivity contribution in [3.05, 3.63) is 28.2 Å². The van der Waals surface area contributed by atoms with Crippen molar-refractivity contribution in [2.45, 2.75) is 118 Å². The molecule has 1 aliphatic heterocycles. The van der Waals surface area contributed by atoms with Gasteiger partial charge in [0.15, 0.2) is 6.04 Å². The number of aliphatic carboxylic acids is 1. The first-order chi connectivity index (χ1) is 30.3. The summed E-state index contributed by atoms with van der Waals surface area (Å²) in [6.07, 6.45) is -5.62. The zero-order chi connectivity index (χ0) is 49.5. The lowest BCUT2D eigenvalue weighted by Crippen LogP contribution is -2.61. The SMILES string of the molecule is CC(=O)N(O)CCC[C@H](NC(=O)[C@H](CCCN(O)C(C)=O)NC(=O)[C@@H](N)CCCN(O)C(C)=O)C(=O)N[C@@H](CO)C(=O)N[C@@H](C(=O)O)[C@@H](O)[C@@H]1S[C@H](n2ccc(=N)n(C)c2=O)[C@@H](O)[C@@H]1O. The lowest BCUT2D eigenvalue weighted by Gasteiger charge is -2.29. The van der Waals surface area contributed by atoms with Crippen molar-refractivity contribution >= 4 is 59.1 Å². The highest BCUT2D eigenvalue weighted by atomic mass is 32.2. The molecule has 10 atom stereocenters. The van der Waals surface area contributed by atoms with E-state index >= 15 is 0 Å². The van der Waals surface area contributed by atoms with Crippen molar-refractivity contribution in [1.82, 2.24) is 45.6 Å². The van der Waals surface area contributed by atoms with E-state index in [2.05, 4.69) is 16.0 Å². The van der Waals surface area contributed by atoms with Crippen LogP contribution < -0.4 is 38.2 Å². The van der Waals surface area contributed by atoms with Crippen molar-refractivity contribution < 1.29 is 79.5 Å². The fourth-order valence-corrected chi connectivity index (χ4v) is 7.82. The Balaban J connectivity index is 2.33. The summed E-state index contributed by atoms with van der Waals surface area (Å²) >= 11 is 0.592. The van der Waals surface area contributed by atoms with Crippen LogP contribution in [0.4, 0.5) is 0 Å². The van der Waals surface area contributed by atoms with Crippen LogP contribution in [0.25, 0.3) is 0 Å². The van der Waals surface area contributed by atoms with Crippen molar-refractivity contribution in [1.29, 1.82) is 5.41 Å². The summed E-state index contributed by atoms with van der Waals surface area (Å²) in [4.78, 5) is 114. The quantitative estimate of drug-likeness (QED) is 0.0320. The van der Waals surface area contributed by atoms with Crippen molar-refractivity contribution in [3.8, 4) is 0 Å². The molecule has 1 fully saturated rings. The van der Waals surface area contributed by atoms with Crippen LogP contribution >= 0.6 is 11.8 Å². The highest BCUT2D eigenvalue weighted by molar-refractivity contribution is 8.00. The Morgan fingerprint density at radius 3 is 1.63 bits per heavy atom. The highest BCUT2D eigenvalue weighted by Crippen LogP contribution is 2.43. The minimum atomic E-state index is -2.27. The predicted octanol–water partition coefficient (Wildman–Crippen LogP) is -6.24. The number of aliphatic hydroxyl groups excluding tert-OH is 4. The number of nitrogens with two attached hydrogens (primary N) is 1. The Hall–Kier alpha value is -5.53. The molecule has 366 valence electrons. The minimum Gasteiger partial charge on any atom is -0.480 e. The van der Waals surface area contributed by atoms with Gasteiger partial charge in [-0.15, -0.1) is 11.8 Å². The van der Waals surface area contributed by atoms with Gasteiger partial charge in [-0.3, -0.25) is 63.7 Å². The van der Waals surface area contributed by atoms with Gasteiger partial charge < -0.3 is 52.5 Å². The van der Waals surface area contributed by atoms with Crippen LogP contribution in [0.15, 0.2) is 17.1 Å². The maximum Gasteiger partial charge on any atom is 0.330 e. The van der Waals surface area contributed by atoms with Crippen LogP contribution in [0.3, 0.4) is 0 Å². The maximum atomic E-state index is 13.8. The first-order valence-corrected chi connectivity index (χ1v) is 21.0. The summed E-state index contributed by atoms with van der Waals surface area (Å²) in [5.74, 6) is -8.59. The minimum absolute atomic E-state index is 0.0607. The maximum absolute atomic E-state index is 13.8. The number of nitrogens with one attached hydrogen (secondary N) is 5. The average Bonchev–Trinajstić information content (AvgIpc) is 3.54. The average molecular weight is 950 g/mol. The fraction of sp³-hybridized carbons (Fsp3) is 0.667. The van der Waals surface area contributed by atoms with Crippen LogP contribution in [0.5, 0.6) is 0 Å². The summed E-state index contributed by atoms with van der Waals surface area (Å²) < 4.78 is 1.87. The van der Waals surface area contributed by atoms with Crippen LogP contribution in [-0.4, -0.2) is 193 Å². The van der Waals surface area contributed by atoms with Crippen LogP contribution in [-0.2, 0) is 45.4 Å². The van der Waals surface area contributed by atoms with Crippen LogP contribution in [0.2, 0.25) is 0 Å². The van der Waals surface area contributed by atoms with Gasteiger partial charge in [0.05, 0.1) is 30.1 Å². The molecule has 28 nitrogen and oxygen atoms in total. The van der Waals surface area contributed by atoms with Gasteiger partial charge in [-0.25, -0.2) is 24.8 Å². The molecule has 7 amide bonds. The van der Waals surface area contributed by atoms with Crippen molar-refractivity contribution in [3.63, 3.8) is 0 Å². The summed E-state index contributed by atoms with van der Waals surface area (Å²) in [6.45, 7) is 1.14. The molecule has 1 aromatic heterocycles. The molecule has 2 rings (SSSR count). The van der Waals surface area contributed by atoms with E-state index in [0.29, 0.717) is 27.0 Å². The number of hydroxylamine groups is 6. The molecular weight excluding hydrogens is 891 g/mol. The monoisotopic (exact) mass is 949 g/mol. The second-order valence-corrected chi connectivity index (χ2v) is 16.4. The van der Waals surface area contributed by atoms with Gasteiger partial charge in [0, 0.05) is 53.6 Å². The summed E-state index contributed by atoms with van der Waals surface area (Å²) in [5.41, 5.74) is 5.00. The van der Waals surface area contributed by atoms with Gasteiger partial charge in [-0.2, -0.15) is 0 Å². The number of carboxylic acids is 1. The number of rotatable bonds is 25. The summed E-state index contributed by atoms with van der Waals surface area (Å²) in [7, 11) is 1.27. The van der Waals surface area contributed by atoms with Gasteiger partial charge in [0.2, 0.25) is 41.4 Å². The van der Waals surface area contributed by atoms with Crippen molar-refractivity contribution in [2.24, 2.45) is 12.8 Å². The number of amides is 7. The van der Waals surface area contributed by atoms with E-state index in [-0.39, 0.29) is 63.6 Å². The van der Waals surface area contributed by atoms with E-state index in [1.165, 1.54) is 13.1 Å². The molecule has 15 N–H and O–H groups in total. The first kappa shape index (κ1) is 55.6. The summed E-state index contributed by atoms with van der Waals surface area (Å²) in [6, 6.07) is -7.52. The zero-order valence-corrected chi connectivity index (χ0v) is 36.8. The number of hydrogen-bond acceptors (Lipinski definition) is 19. The Bertz CT molecular complexity index is 1990. The molecule has 1 saturated heterocycles. The second-order valence-electron chi connectivity index (χ2n) is 15.1. The number of aromatic nitrogens is 2. The largest absolute Gasteiger partial charge is 0.480 e. The molecule has 0 aliphatic carbocycles. The van der Waals surface area contributed by atoms with E-state index in [0.717, 1.165) is 36.1 Å². The number of carbonyl (C=O) groups excluding carboxylic acids is 7. The lowest BCUT2D eigenvalue weighted by atomic mass is 10.00. The van der Waals surface area contributed by atoms with E-state index in [1.54, 1.807) is 0 Å². The molecule has 0 aromatic carbocycles. The Morgan fingerprint density at radius 2 is 1.18 bits per heavy atom. The zero-order valence-electron chi connectivity index (χ0n) is 36.0. The predicted molar refractivity (Wildman–Crippen MR) is 220 cm³/mol. The Morgan fingerprint density at radius 1 is 0.754 bits per heavy atom. The molecule has 0 saturated carbocycles. The van der Waals surface area contributed by atoms with E-state index < -0.39 is 119 Å². The number of aliphatic hydroxyl groups is 4. The Kier molecular flexibility index (Phi) is 22.1. The number of thioether (sulfide) groups is 1. The van der Waals surface area contributed by atoms with Crippen molar-refractivity contribution in [2.75, 3.05) is 26.2 Å². The number of carbonyl (C=O) groups is 8. The van der Waals surface area contributed by atoms with Gasteiger partial charge in [-0.1, -0.05) is 0 Å². The van der Waals surface area contributed by atoms with E-state index in [4.69, 9.17) is 11.1 Å². The molecule has 0 bridgehead atoms. The second kappa shape index (κ2) is 25.8. The normalized spacial score (nSPS) is 19.6. The smallest absolute Gasteiger partial charge is 0.330 e. The standard InChI is InChI=1S/C36H59N11O17S/c1-17(49)45(62)12-5-8-20(37)30(55)39-21(9-6-13-46(63)18(2)50)31(56)40-22(10-7-14-47(64)19(3)51)32(57)41-23(16-48)33(58)42-25(35(59)60)26(52)29-27(53)28(54)34(65-29)44-15-11-24(38)43(4)36(44)61/h11,15,20-23,25-29,34,38,48,52-54,62-64H,5-10,12-14,16,37H2,1-4H3,(H,39,55)(H,40,56)(H,41,57)(H,42,58)(H,59,60)/t20-,21-,22-,23-,25+,26+,27-,28-,29-,34-/m0/s1. The fourth-order valence-electron chi connectivity index (χ4n) is 6.24. The molecule has 65 heavy (non-hydrogen) atoms. The van der Waals surface area contributed by atoms with Gasteiger partial charge in [0.25, 0.3) is 0 Å². The third-order valence-electron chi connectivity index (χ3n) is 10.2. The molecule has 1 aromatic rings. The van der Waals surface area contributed by atoms with Crippen LogP contribution in [0, 0.1) is 5.41 Å². The van der Waals surface area contributed by atoms with Gasteiger partial charge in [-0.05, 0) is 44.6 Å². The topological polar surface area (TPSA) is 433 Å². The number of carboxylic acid groups (broad SMARTS) is 1. The third kappa shape index (κ3) is 16.1. The first-order valence-electron chi connectivity index (χ1n) is 20.1. The van der Waals surface area contributed by atoms with Gasteiger partial charge in [0.1, 0.15) is 35.1 Å². The third-order valence-corrected chi connectivity index (χ3v) is 11.8. The van der Waals surface area contributed by atoms with E-state index in [9.17, 15) is 84.3 Å². The van der Waals surface area contributed by atoms with Gasteiger partial charge >= 0.3 is 11.7 Å². The molecular formula is C36H59N11O17S. The summed E-state index contributed by atoms with van der Waals surface area (Å²) in [5, 5.41) is 97.1.